The molecule has 0 unspecified atom stereocenters. The van der Waals surface area contributed by atoms with Crippen molar-refractivity contribution in [3.8, 4) is 0 Å². The molecule has 1 N–H and O–H groups in total. The molecule has 0 radical (unpaired) electrons. The highest BCUT2D eigenvalue weighted by atomic mass is 19.1. The van der Waals surface area contributed by atoms with Crippen LogP contribution in [0.5, 0.6) is 0 Å². The van der Waals surface area contributed by atoms with E-state index in [9.17, 15) is 14.0 Å². The normalized spacial score (nSPS) is 10.3. The average Bonchev–Trinajstić information content (AvgIpc) is 2.45. The van der Waals surface area contributed by atoms with Crippen molar-refractivity contribution in [2.24, 2.45) is 0 Å². The lowest BCUT2D eigenvalue weighted by molar-refractivity contribution is -0.120. The van der Waals surface area contributed by atoms with Crippen LogP contribution in [-0.4, -0.2) is 18.4 Å². The molecule has 0 aliphatic rings. The Morgan fingerprint density at radius 2 is 1.87 bits per heavy atom. The second kappa shape index (κ2) is 7.05. The Morgan fingerprint density at radius 3 is 2.48 bits per heavy atom. The van der Waals surface area contributed by atoms with Crippen molar-refractivity contribution in [1.82, 2.24) is 0 Å². The largest absolute Gasteiger partial charge is 0.324 e. The molecule has 2 rings (SSSR count). The molecule has 0 saturated carbocycles. The number of aryl methyl sites for hydroxylation is 2. The van der Waals surface area contributed by atoms with Crippen LogP contribution < -0.4 is 10.2 Å². The molecular weight excluding hydrogens is 295 g/mol. The molecule has 0 saturated heterocycles. The number of hydrogen-bond acceptors (Lipinski definition) is 2. The summed E-state index contributed by atoms with van der Waals surface area (Å²) in [5, 5.41) is 2.60. The predicted octanol–water partition coefficient (Wildman–Crippen LogP) is 3.43. The second-order valence-corrected chi connectivity index (χ2v) is 5.45. The molecule has 2 amide bonds. The fraction of sp³-hybridized carbons (Fsp3) is 0.222. The third-order valence-electron chi connectivity index (χ3n) is 3.43. The minimum atomic E-state index is -0.430. The van der Waals surface area contributed by atoms with Gasteiger partial charge in [0.15, 0.2) is 0 Å². The summed E-state index contributed by atoms with van der Waals surface area (Å²) >= 11 is 0. The molecule has 120 valence electrons. The van der Waals surface area contributed by atoms with Crippen LogP contribution in [0.2, 0.25) is 0 Å². The van der Waals surface area contributed by atoms with Gasteiger partial charge in [0.1, 0.15) is 12.4 Å². The third kappa shape index (κ3) is 4.39. The van der Waals surface area contributed by atoms with Crippen LogP contribution in [0.3, 0.4) is 0 Å². The summed E-state index contributed by atoms with van der Waals surface area (Å²) in [7, 11) is 0. The first-order valence-electron chi connectivity index (χ1n) is 7.27. The highest BCUT2D eigenvalue weighted by Crippen LogP contribution is 2.21. The van der Waals surface area contributed by atoms with Crippen molar-refractivity contribution in [1.29, 1.82) is 0 Å². The molecule has 0 aliphatic heterocycles. The number of nitrogens with zero attached hydrogens (tertiary/aromatic N) is 1. The summed E-state index contributed by atoms with van der Waals surface area (Å²) in [4.78, 5) is 25.5. The summed E-state index contributed by atoms with van der Waals surface area (Å²) in [5.41, 5.74) is 3.05. The van der Waals surface area contributed by atoms with Crippen LogP contribution in [0.1, 0.15) is 18.1 Å². The van der Waals surface area contributed by atoms with Crippen molar-refractivity contribution < 1.29 is 14.0 Å². The van der Waals surface area contributed by atoms with E-state index in [4.69, 9.17) is 0 Å². The van der Waals surface area contributed by atoms with Crippen molar-refractivity contribution in [2.75, 3.05) is 16.8 Å². The summed E-state index contributed by atoms with van der Waals surface area (Å²) in [6.07, 6.45) is 0. The quantitative estimate of drug-likeness (QED) is 0.940. The van der Waals surface area contributed by atoms with Gasteiger partial charge in [0, 0.05) is 18.3 Å². The van der Waals surface area contributed by atoms with Gasteiger partial charge in [-0.15, -0.1) is 0 Å². The number of anilines is 2. The standard InChI is InChI=1S/C18H19FN2O2/c1-12-7-8-17(13(2)9-12)21(14(3)22)11-18(23)20-16-6-4-5-15(19)10-16/h4-10H,11H2,1-3H3,(H,20,23). The first-order valence-corrected chi connectivity index (χ1v) is 7.27. The minimum Gasteiger partial charge on any atom is -0.324 e. The molecule has 0 aromatic heterocycles. The number of nitrogens with one attached hydrogen (secondary N) is 1. The minimum absolute atomic E-state index is 0.129. The molecule has 0 aliphatic carbocycles. The zero-order chi connectivity index (χ0) is 17.0. The smallest absolute Gasteiger partial charge is 0.244 e. The first kappa shape index (κ1) is 16.7. The Labute approximate surface area is 134 Å². The molecule has 2 aromatic rings. The zero-order valence-electron chi connectivity index (χ0n) is 13.4. The maximum atomic E-state index is 13.1. The number of carbonyl (C=O) groups excluding carboxylic acids is 2. The van der Waals surface area contributed by atoms with Crippen molar-refractivity contribution in [3.63, 3.8) is 0 Å². The fourth-order valence-corrected chi connectivity index (χ4v) is 2.38. The van der Waals surface area contributed by atoms with Crippen LogP contribution in [0, 0.1) is 19.7 Å². The Hall–Kier alpha value is -2.69. The average molecular weight is 314 g/mol. The number of benzene rings is 2. The van der Waals surface area contributed by atoms with Gasteiger partial charge in [-0.25, -0.2) is 4.39 Å². The monoisotopic (exact) mass is 314 g/mol. The highest BCUT2D eigenvalue weighted by molar-refractivity contribution is 6.02. The van der Waals surface area contributed by atoms with E-state index < -0.39 is 5.82 Å². The molecule has 5 heteroatoms. The number of hydrogen-bond donors (Lipinski definition) is 1. The van der Waals surface area contributed by atoms with E-state index in [1.54, 1.807) is 6.07 Å². The number of carbonyl (C=O) groups is 2. The van der Waals surface area contributed by atoms with Crippen LogP contribution in [0.15, 0.2) is 42.5 Å². The van der Waals surface area contributed by atoms with E-state index in [2.05, 4.69) is 5.32 Å². The van der Waals surface area contributed by atoms with Crippen LogP contribution in [0.25, 0.3) is 0 Å². The van der Waals surface area contributed by atoms with E-state index in [-0.39, 0.29) is 18.4 Å². The summed E-state index contributed by atoms with van der Waals surface area (Å²) < 4.78 is 13.1. The molecule has 0 atom stereocenters. The SMILES string of the molecule is CC(=O)N(CC(=O)Nc1cccc(F)c1)c1ccc(C)cc1C. The summed E-state index contributed by atoms with van der Waals surface area (Å²) in [5.74, 6) is -1.04. The van der Waals surface area contributed by atoms with Crippen LogP contribution in [0.4, 0.5) is 15.8 Å². The van der Waals surface area contributed by atoms with E-state index in [1.807, 2.05) is 32.0 Å². The van der Waals surface area contributed by atoms with Gasteiger partial charge in [0.25, 0.3) is 0 Å². The molecule has 4 nitrogen and oxygen atoms in total. The highest BCUT2D eigenvalue weighted by Gasteiger charge is 2.17. The number of rotatable bonds is 4. The first-order chi connectivity index (χ1) is 10.9. The predicted molar refractivity (Wildman–Crippen MR) is 89.0 cm³/mol. The topological polar surface area (TPSA) is 49.4 Å². The lowest BCUT2D eigenvalue weighted by Gasteiger charge is -2.23. The van der Waals surface area contributed by atoms with Gasteiger partial charge in [-0.3, -0.25) is 9.59 Å². The van der Waals surface area contributed by atoms with Gasteiger partial charge >= 0.3 is 0 Å². The molecule has 0 bridgehead atoms. The molecular formula is C18H19FN2O2. The van der Waals surface area contributed by atoms with E-state index in [0.29, 0.717) is 11.4 Å². The number of halogens is 1. The van der Waals surface area contributed by atoms with Crippen molar-refractivity contribution >= 4 is 23.2 Å². The third-order valence-corrected chi connectivity index (χ3v) is 3.43. The lowest BCUT2D eigenvalue weighted by atomic mass is 10.1. The molecule has 0 fully saturated rings. The van der Waals surface area contributed by atoms with Crippen LogP contribution >= 0.6 is 0 Å². The summed E-state index contributed by atoms with van der Waals surface area (Å²) in [6.45, 7) is 5.14. The Balaban J connectivity index is 2.16. The maximum absolute atomic E-state index is 13.1. The molecule has 0 heterocycles. The zero-order valence-corrected chi connectivity index (χ0v) is 13.4. The van der Waals surface area contributed by atoms with Gasteiger partial charge in [0.2, 0.25) is 11.8 Å². The van der Waals surface area contributed by atoms with Gasteiger partial charge < -0.3 is 10.2 Å². The molecule has 2 aromatic carbocycles. The van der Waals surface area contributed by atoms with E-state index >= 15 is 0 Å². The molecule has 23 heavy (non-hydrogen) atoms. The van der Waals surface area contributed by atoms with Gasteiger partial charge in [0.05, 0.1) is 0 Å². The number of amides is 2. The Bertz CT molecular complexity index is 744. The fourth-order valence-electron chi connectivity index (χ4n) is 2.38. The van der Waals surface area contributed by atoms with E-state index in [1.165, 1.54) is 30.0 Å². The lowest BCUT2D eigenvalue weighted by Crippen LogP contribution is -2.37. The van der Waals surface area contributed by atoms with Gasteiger partial charge in [-0.2, -0.15) is 0 Å². The van der Waals surface area contributed by atoms with Gasteiger partial charge in [-0.05, 0) is 43.7 Å². The van der Waals surface area contributed by atoms with Crippen LogP contribution in [-0.2, 0) is 9.59 Å². The Kier molecular flexibility index (Phi) is 5.11. The van der Waals surface area contributed by atoms with Crippen molar-refractivity contribution in [2.45, 2.75) is 20.8 Å². The second-order valence-electron chi connectivity index (χ2n) is 5.45. The molecule has 0 spiro atoms. The van der Waals surface area contributed by atoms with Crippen molar-refractivity contribution in [3.05, 3.63) is 59.4 Å². The van der Waals surface area contributed by atoms with Gasteiger partial charge in [-0.1, -0.05) is 23.8 Å². The van der Waals surface area contributed by atoms with E-state index in [0.717, 1.165) is 11.1 Å². The summed E-state index contributed by atoms with van der Waals surface area (Å²) in [6, 6.07) is 11.3. The Morgan fingerprint density at radius 1 is 1.13 bits per heavy atom. The maximum Gasteiger partial charge on any atom is 0.244 e.